The van der Waals surface area contributed by atoms with Crippen LogP contribution >= 0.6 is 0 Å². The van der Waals surface area contributed by atoms with E-state index in [1.165, 1.54) is 6.07 Å². The maximum absolute atomic E-state index is 11.6. The van der Waals surface area contributed by atoms with Gasteiger partial charge in [-0.2, -0.15) is 0 Å². The maximum atomic E-state index is 11.6. The number of hydrogen-bond acceptors (Lipinski definition) is 4. The summed E-state index contributed by atoms with van der Waals surface area (Å²) in [4.78, 5) is 29.7. The van der Waals surface area contributed by atoms with Gasteiger partial charge < -0.3 is 15.0 Å². The van der Waals surface area contributed by atoms with Crippen LogP contribution in [0.25, 0.3) is 0 Å². The van der Waals surface area contributed by atoms with Crippen LogP contribution in [-0.4, -0.2) is 35.1 Å². The molecule has 1 atom stereocenters. The third kappa shape index (κ3) is 5.65. The van der Waals surface area contributed by atoms with Crippen molar-refractivity contribution in [2.45, 2.75) is 39.7 Å². The van der Waals surface area contributed by atoms with Crippen molar-refractivity contribution in [2.24, 2.45) is 0 Å². The molecule has 0 saturated heterocycles. The Morgan fingerprint density at radius 2 is 2.32 bits per heavy atom. The quantitative estimate of drug-likeness (QED) is 0.755. The summed E-state index contributed by atoms with van der Waals surface area (Å²) in [5.74, 6) is 0.427. The van der Waals surface area contributed by atoms with Gasteiger partial charge in [0.1, 0.15) is 11.9 Å². The number of aryl methyl sites for hydroxylation is 1. The molecule has 6 heteroatoms. The number of H-pyrrole nitrogens is 1. The number of aromatic nitrogens is 2. The largest absolute Gasteiger partial charge is 0.369 e. The second-order valence-electron chi connectivity index (χ2n) is 4.39. The lowest BCUT2D eigenvalue weighted by Gasteiger charge is -2.12. The highest BCUT2D eigenvalue weighted by molar-refractivity contribution is 5.80. The second-order valence-corrected chi connectivity index (χ2v) is 4.39. The van der Waals surface area contributed by atoms with E-state index in [9.17, 15) is 9.59 Å². The summed E-state index contributed by atoms with van der Waals surface area (Å²) in [5.41, 5.74) is 0.498. The number of nitrogens with zero attached hydrogens (tertiary/aromatic N) is 1. The Hall–Kier alpha value is -1.69. The van der Waals surface area contributed by atoms with Crippen LogP contribution in [0.15, 0.2) is 10.9 Å². The smallest absolute Gasteiger partial charge is 0.251 e. The van der Waals surface area contributed by atoms with Gasteiger partial charge in [-0.25, -0.2) is 4.98 Å². The highest BCUT2D eigenvalue weighted by atomic mass is 16.5. The van der Waals surface area contributed by atoms with Gasteiger partial charge in [0.2, 0.25) is 5.91 Å². The van der Waals surface area contributed by atoms with Crippen LogP contribution in [0.5, 0.6) is 0 Å². The minimum Gasteiger partial charge on any atom is -0.369 e. The van der Waals surface area contributed by atoms with E-state index in [0.717, 1.165) is 6.42 Å². The first kappa shape index (κ1) is 15.4. The number of aromatic amines is 1. The number of hydrogen-bond donors (Lipinski definition) is 2. The molecule has 1 amide bonds. The third-order valence-electron chi connectivity index (χ3n) is 2.52. The van der Waals surface area contributed by atoms with Crippen LogP contribution in [0.4, 0.5) is 0 Å². The Labute approximate surface area is 112 Å². The molecule has 1 heterocycles. The van der Waals surface area contributed by atoms with Crippen molar-refractivity contribution in [2.75, 3.05) is 13.2 Å². The van der Waals surface area contributed by atoms with Gasteiger partial charge in [0.05, 0.1) is 0 Å². The predicted octanol–water partition coefficient (Wildman–Crippen LogP) is 0.552. The summed E-state index contributed by atoms with van der Waals surface area (Å²) in [6.45, 7) is 6.46. The van der Waals surface area contributed by atoms with Crippen molar-refractivity contribution in [3.05, 3.63) is 27.9 Å². The first-order valence-corrected chi connectivity index (χ1v) is 6.49. The summed E-state index contributed by atoms with van der Waals surface area (Å²) in [6.07, 6.45) is 0.916. The molecular weight excluding hydrogens is 246 g/mol. The molecule has 0 unspecified atom stereocenters. The maximum Gasteiger partial charge on any atom is 0.251 e. The molecule has 1 aromatic heterocycles. The molecule has 0 saturated carbocycles. The number of rotatable bonds is 7. The van der Waals surface area contributed by atoms with Crippen LogP contribution in [0.3, 0.4) is 0 Å². The van der Waals surface area contributed by atoms with E-state index in [2.05, 4.69) is 15.3 Å². The van der Waals surface area contributed by atoms with Crippen molar-refractivity contribution in [1.82, 2.24) is 15.3 Å². The Morgan fingerprint density at radius 1 is 1.58 bits per heavy atom. The molecule has 106 valence electrons. The average Bonchev–Trinajstić information content (AvgIpc) is 2.34. The van der Waals surface area contributed by atoms with Gasteiger partial charge in [0.15, 0.2) is 0 Å². The van der Waals surface area contributed by atoms with Gasteiger partial charge in [-0.3, -0.25) is 9.59 Å². The zero-order chi connectivity index (χ0) is 14.3. The lowest BCUT2D eigenvalue weighted by molar-refractivity contribution is -0.131. The number of nitrogens with one attached hydrogen (secondary N) is 2. The summed E-state index contributed by atoms with van der Waals surface area (Å²) >= 11 is 0. The molecule has 0 fully saturated rings. The van der Waals surface area contributed by atoms with E-state index in [0.29, 0.717) is 31.1 Å². The van der Waals surface area contributed by atoms with Gasteiger partial charge in [-0.1, -0.05) is 6.92 Å². The van der Waals surface area contributed by atoms with Crippen molar-refractivity contribution in [1.29, 1.82) is 0 Å². The number of amides is 1. The number of carbonyl (C=O) groups excluding carboxylic acids is 1. The Kier molecular flexibility index (Phi) is 6.21. The molecule has 0 aliphatic rings. The SMILES string of the molecule is CCCO[C@H](C)C(=O)NCCc1nc(C)cc(=O)[nH]1. The lowest BCUT2D eigenvalue weighted by atomic mass is 10.3. The zero-order valence-electron chi connectivity index (χ0n) is 11.7. The molecular formula is C13H21N3O3. The predicted molar refractivity (Wildman–Crippen MR) is 72.0 cm³/mol. The van der Waals surface area contributed by atoms with E-state index >= 15 is 0 Å². The highest BCUT2D eigenvalue weighted by Crippen LogP contribution is 1.94. The fourth-order valence-corrected chi connectivity index (χ4v) is 1.58. The molecule has 1 rings (SSSR count). The molecule has 0 radical (unpaired) electrons. The second kappa shape index (κ2) is 7.68. The van der Waals surface area contributed by atoms with Crippen molar-refractivity contribution in [3.8, 4) is 0 Å². The summed E-state index contributed by atoms with van der Waals surface area (Å²) in [5, 5.41) is 2.75. The Bertz CT molecular complexity index is 470. The van der Waals surface area contributed by atoms with Gasteiger partial charge >= 0.3 is 0 Å². The minimum absolute atomic E-state index is 0.150. The fourth-order valence-electron chi connectivity index (χ4n) is 1.58. The van der Waals surface area contributed by atoms with Crippen molar-refractivity contribution in [3.63, 3.8) is 0 Å². The normalized spacial score (nSPS) is 12.2. The standard InChI is InChI=1S/C13H21N3O3/c1-4-7-19-10(3)13(18)14-6-5-11-15-9(2)8-12(17)16-11/h8,10H,4-7H2,1-3H3,(H,14,18)(H,15,16,17)/t10-/m1/s1. The fraction of sp³-hybridized carbons (Fsp3) is 0.615. The van der Waals surface area contributed by atoms with Crippen LogP contribution in [0.2, 0.25) is 0 Å². The summed E-state index contributed by atoms with van der Waals surface area (Å²) < 4.78 is 5.31. The molecule has 0 aromatic carbocycles. The third-order valence-corrected chi connectivity index (χ3v) is 2.52. The van der Waals surface area contributed by atoms with Crippen LogP contribution in [-0.2, 0) is 16.0 Å². The zero-order valence-corrected chi connectivity index (χ0v) is 11.7. The molecule has 0 bridgehead atoms. The molecule has 1 aromatic rings. The Balaban J connectivity index is 2.37. The van der Waals surface area contributed by atoms with E-state index in [-0.39, 0.29) is 11.5 Å². The first-order valence-electron chi connectivity index (χ1n) is 6.49. The minimum atomic E-state index is -0.454. The average molecular weight is 267 g/mol. The molecule has 0 aliphatic heterocycles. The first-order chi connectivity index (χ1) is 9.02. The van der Waals surface area contributed by atoms with E-state index in [1.807, 2.05) is 6.92 Å². The lowest BCUT2D eigenvalue weighted by Crippen LogP contribution is -2.36. The highest BCUT2D eigenvalue weighted by Gasteiger charge is 2.12. The topological polar surface area (TPSA) is 84.1 Å². The van der Waals surface area contributed by atoms with E-state index in [4.69, 9.17) is 4.74 Å². The van der Waals surface area contributed by atoms with Crippen LogP contribution < -0.4 is 10.9 Å². The van der Waals surface area contributed by atoms with E-state index < -0.39 is 6.10 Å². The van der Waals surface area contributed by atoms with Gasteiger partial charge in [0, 0.05) is 31.3 Å². The van der Waals surface area contributed by atoms with Gasteiger partial charge in [-0.15, -0.1) is 0 Å². The van der Waals surface area contributed by atoms with Crippen molar-refractivity contribution >= 4 is 5.91 Å². The van der Waals surface area contributed by atoms with Crippen molar-refractivity contribution < 1.29 is 9.53 Å². The molecule has 6 nitrogen and oxygen atoms in total. The van der Waals surface area contributed by atoms with Gasteiger partial charge in [0.25, 0.3) is 5.56 Å². The van der Waals surface area contributed by atoms with E-state index in [1.54, 1.807) is 13.8 Å². The Morgan fingerprint density at radius 3 is 2.95 bits per heavy atom. The summed E-state index contributed by atoms with van der Waals surface area (Å²) in [6, 6.07) is 1.43. The molecule has 19 heavy (non-hydrogen) atoms. The number of ether oxygens (including phenoxy) is 1. The van der Waals surface area contributed by atoms with Crippen LogP contribution in [0.1, 0.15) is 31.8 Å². The molecule has 2 N–H and O–H groups in total. The molecule has 0 spiro atoms. The molecule has 0 aliphatic carbocycles. The monoisotopic (exact) mass is 267 g/mol. The number of carbonyl (C=O) groups is 1. The summed E-state index contributed by atoms with van der Waals surface area (Å²) in [7, 11) is 0. The van der Waals surface area contributed by atoms with Crippen LogP contribution in [0, 0.1) is 6.92 Å². The van der Waals surface area contributed by atoms with Gasteiger partial charge in [-0.05, 0) is 20.3 Å².